The predicted molar refractivity (Wildman–Crippen MR) is 72.6 cm³/mol. The third-order valence-electron chi connectivity index (χ3n) is 2.68. The van der Waals surface area contributed by atoms with Gasteiger partial charge in [-0.3, -0.25) is 4.21 Å². The van der Waals surface area contributed by atoms with Crippen molar-refractivity contribution in [2.45, 2.75) is 24.1 Å². The van der Waals surface area contributed by atoms with Gasteiger partial charge in [-0.1, -0.05) is 6.92 Å². The van der Waals surface area contributed by atoms with Crippen LogP contribution in [0.1, 0.15) is 18.4 Å². The van der Waals surface area contributed by atoms with Gasteiger partial charge in [-0.25, -0.2) is 8.78 Å². The predicted octanol–water partition coefficient (Wildman–Crippen LogP) is 2.98. The molecule has 0 amide bonds. The van der Waals surface area contributed by atoms with Crippen LogP contribution in [0.2, 0.25) is 0 Å². The van der Waals surface area contributed by atoms with Crippen LogP contribution in [0.25, 0.3) is 0 Å². The van der Waals surface area contributed by atoms with E-state index in [4.69, 9.17) is 4.42 Å². The third kappa shape index (κ3) is 3.74. The standard InChI is InChI=1S/C14H15F2NO2S/c1-2-17-8-11-4-5-12(19-11)9-20(18)14-6-3-10(15)7-13(14)16/h3-7,17H,2,8-9H2,1H3. The van der Waals surface area contributed by atoms with Crippen LogP contribution in [0.5, 0.6) is 0 Å². The van der Waals surface area contributed by atoms with Gasteiger partial charge in [0, 0.05) is 6.07 Å². The Morgan fingerprint density at radius 3 is 2.65 bits per heavy atom. The zero-order valence-electron chi connectivity index (χ0n) is 11.0. The number of nitrogens with one attached hydrogen (secondary N) is 1. The van der Waals surface area contributed by atoms with Crippen molar-refractivity contribution < 1.29 is 17.4 Å². The highest BCUT2D eigenvalue weighted by Crippen LogP contribution is 2.18. The highest BCUT2D eigenvalue weighted by atomic mass is 32.2. The fraction of sp³-hybridized carbons (Fsp3) is 0.286. The van der Waals surface area contributed by atoms with Crippen molar-refractivity contribution in [1.82, 2.24) is 5.32 Å². The average molecular weight is 299 g/mol. The van der Waals surface area contributed by atoms with Crippen molar-refractivity contribution in [3.63, 3.8) is 0 Å². The molecule has 0 aliphatic rings. The van der Waals surface area contributed by atoms with Crippen LogP contribution < -0.4 is 5.32 Å². The van der Waals surface area contributed by atoms with E-state index in [1.165, 1.54) is 6.07 Å². The van der Waals surface area contributed by atoms with Gasteiger partial charge in [0.15, 0.2) is 0 Å². The lowest BCUT2D eigenvalue weighted by Gasteiger charge is -2.02. The SMILES string of the molecule is CCNCc1ccc(CS(=O)c2ccc(F)cc2F)o1. The summed E-state index contributed by atoms with van der Waals surface area (Å²) in [6.07, 6.45) is 0. The van der Waals surface area contributed by atoms with E-state index < -0.39 is 22.4 Å². The number of hydrogen-bond donors (Lipinski definition) is 1. The molecule has 0 aliphatic heterocycles. The molecule has 0 aliphatic carbocycles. The summed E-state index contributed by atoms with van der Waals surface area (Å²) in [7, 11) is -1.60. The largest absolute Gasteiger partial charge is 0.464 e. The molecule has 0 saturated heterocycles. The molecule has 6 heteroatoms. The quantitative estimate of drug-likeness (QED) is 0.891. The maximum absolute atomic E-state index is 13.5. The van der Waals surface area contributed by atoms with Gasteiger partial charge in [-0.2, -0.15) is 0 Å². The van der Waals surface area contributed by atoms with Crippen LogP contribution in [0.15, 0.2) is 39.6 Å². The number of hydrogen-bond acceptors (Lipinski definition) is 3. The lowest BCUT2D eigenvalue weighted by atomic mass is 10.3. The lowest BCUT2D eigenvalue weighted by molar-refractivity contribution is 0.461. The highest BCUT2D eigenvalue weighted by molar-refractivity contribution is 7.84. The van der Waals surface area contributed by atoms with E-state index in [0.29, 0.717) is 12.3 Å². The molecule has 1 unspecified atom stereocenters. The molecule has 0 saturated carbocycles. The van der Waals surface area contributed by atoms with E-state index in [2.05, 4.69) is 5.32 Å². The lowest BCUT2D eigenvalue weighted by Crippen LogP contribution is -2.10. The first-order valence-electron chi connectivity index (χ1n) is 6.22. The van der Waals surface area contributed by atoms with Crippen LogP contribution in [-0.4, -0.2) is 10.8 Å². The summed E-state index contributed by atoms with van der Waals surface area (Å²) in [5, 5.41) is 3.11. The van der Waals surface area contributed by atoms with Crippen LogP contribution in [-0.2, 0) is 23.1 Å². The Balaban J connectivity index is 2.05. The Morgan fingerprint density at radius 2 is 1.95 bits per heavy atom. The molecule has 2 rings (SSSR count). The van der Waals surface area contributed by atoms with E-state index in [1.807, 2.05) is 6.92 Å². The number of benzene rings is 1. The molecule has 1 N–H and O–H groups in total. The first-order valence-corrected chi connectivity index (χ1v) is 7.53. The minimum atomic E-state index is -1.60. The summed E-state index contributed by atoms with van der Waals surface area (Å²) in [5.74, 6) is -0.176. The van der Waals surface area contributed by atoms with E-state index in [-0.39, 0.29) is 10.6 Å². The normalized spacial score (nSPS) is 12.6. The monoisotopic (exact) mass is 299 g/mol. The topological polar surface area (TPSA) is 42.2 Å². The summed E-state index contributed by atoms with van der Waals surface area (Å²) in [6, 6.07) is 6.52. The summed E-state index contributed by atoms with van der Waals surface area (Å²) in [4.78, 5) is -0.0176. The van der Waals surface area contributed by atoms with Crippen molar-refractivity contribution in [2.24, 2.45) is 0 Å². The van der Waals surface area contributed by atoms with Gasteiger partial charge in [0.1, 0.15) is 23.2 Å². The van der Waals surface area contributed by atoms with Gasteiger partial charge < -0.3 is 9.73 Å². The van der Waals surface area contributed by atoms with Gasteiger partial charge in [0.25, 0.3) is 0 Å². The fourth-order valence-electron chi connectivity index (χ4n) is 1.71. The maximum atomic E-state index is 13.5. The third-order valence-corrected chi connectivity index (χ3v) is 4.05. The Labute approximate surface area is 118 Å². The van der Waals surface area contributed by atoms with Crippen molar-refractivity contribution in [3.8, 4) is 0 Å². The molecule has 1 atom stereocenters. The molecule has 2 aromatic rings. The molecule has 0 spiro atoms. The molecule has 1 aromatic heterocycles. The van der Waals surface area contributed by atoms with Gasteiger partial charge in [-0.05, 0) is 30.8 Å². The molecule has 108 valence electrons. The smallest absolute Gasteiger partial charge is 0.142 e. The molecule has 3 nitrogen and oxygen atoms in total. The summed E-state index contributed by atoms with van der Waals surface area (Å²) < 4.78 is 43.8. The Morgan fingerprint density at radius 1 is 1.20 bits per heavy atom. The van der Waals surface area contributed by atoms with Gasteiger partial charge in [-0.15, -0.1) is 0 Å². The minimum Gasteiger partial charge on any atom is -0.464 e. The van der Waals surface area contributed by atoms with Gasteiger partial charge >= 0.3 is 0 Å². The molecule has 0 bridgehead atoms. The second kappa shape index (κ2) is 6.76. The number of rotatable bonds is 6. The molecular weight excluding hydrogens is 284 g/mol. The second-order valence-electron chi connectivity index (χ2n) is 4.21. The van der Waals surface area contributed by atoms with E-state index in [1.54, 1.807) is 12.1 Å². The zero-order valence-corrected chi connectivity index (χ0v) is 11.8. The second-order valence-corrected chi connectivity index (χ2v) is 5.63. The summed E-state index contributed by atoms with van der Waals surface area (Å²) in [6.45, 7) is 3.40. The molecule has 1 heterocycles. The van der Waals surface area contributed by atoms with Crippen LogP contribution in [0, 0.1) is 11.6 Å². The van der Waals surface area contributed by atoms with E-state index >= 15 is 0 Å². The number of furan rings is 1. The Kier molecular flexibility index (Phi) is 5.03. The molecule has 0 radical (unpaired) electrons. The van der Waals surface area contributed by atoms with Gasteiger partial charge in [0.05, 0.1) is 28.0 Å². The molecule has 0 fully saturated rings. The van der Waals surface area contributed by atoms with Crippen molar-refractivity contribution >= 4 is 10.8 Å². The van der Waals surface area contributed by atoms with Crippen molar-refractivity contribution in [1.29, 1.82) is 0 Å². The molecule has 20 heavy (non-hydrogen) atoms. The van der Waals surface area contributed by atoms with E-state index in [9.17, 15) is 13.0 Å². The zero-order chi connectivity index (χ0) is 14.5. The maximum Gasteiger partial charge on any atom is 0.142 e. The first-order chi connectivity index (χ1) is 9.60. The van der Waals surface area contributed by atoms with E-state index in [0.717, 1.165) is 24.4 Å². The Hall–Kier alpha value is -1.53. The van der Waals surface area contributed by atoms with Crippen molar-refractivity contribution in [3.05, 3.63) is 53.5 Å². The molecule has 1 aromatic carbocycles. The minimum absolute atomic E-state index is 0.0176. The van der Waals surface area contributed by atoms with Crippen LogP contribution in [0.4, 0.5) is 8.78 Å². The van der Waals surface area contributed by atoms with Crippen LogP contribution >= 0.6 is 0 Å². The fourth-order valence-corrected chi connectivity index (χ4v) is 2.78. The summed E-state index contributed by atoms with van der Waals surface area (Å²) >= 11 is 0. The average Bonchev–Trinajstić information content (AvgIpc) is 2.83. The highest BCUT2D eigenvalue weighted by Gasteiger charge is 2.13. The van der Waals surface area contributed by atoms with Gasteiger partial charge in [0.2, 0.25) is 0 Å². The first kappa shape index (κ1) is 14.9. The number of halogens is 2. The summed E-state index contributed by atoms with van der Waals surface area (Å²) in [5.41, 5.74) is 0. The van der Waals surface area contributed by atoms with Crippen molar-refractivity contribution in [2.75, 3.05) is 6.54 Å². The Bertz CT molecular complexity index is 613. The van der Waals surface area contributed by atoms with Crippen LogP contribution in [0.3, 0.4) is 0 Å². The molecular formula is C14H15F2NO2S.